The Labute approximate surface area is 62.4 Å². The van der Waals surface area contributed by atoms with Crippen molar-refractivity contribution in [2.24, 2.45) is 0 Å². The number of hydrogen-bond donors (Lipinski definition) is 0. The molecule has 1 fully saturated rings. The summed E-state index contributed by atoms with van der Waals surface area (Å²) in [6, 6.07) is 0. The summed E-state index contributed by atoms with van der Waals surface area (Å²) in [5, 5.41) is 0. The predicted molar refractivity (Wildman–Crippen MR) is 42.9 cm³/mol. The van der Waals surface area contributed by atoms with Gasteiger partial charge in [-0.25, -0.2) is 0 Å². The van der Waals surface area contributed by atoms with Crippen LogP contribution in [0, 0.1) is 0 Å². The van der Waals surface area contributed by atoms with Crippen molar-refractivity contribution >= 4 is 0 Å². The first-order valence-corrected chi connectivity index (χ1v) is 3.74. The van der Waals surface area contributed by atoms with Gasteiger partial charge in [0.1, 0.15) is 0 Å². The van der Waals surface area contributed by atoms with Gasteiger partial charge in [-0.1, -0.05) is 12.2 Å². The summed E-state index contributed by atoms with van der Waals surface area (Å²) in [4.78, 5) is 0. The van der Waals surface area contributed by atoms with E-state index in [1.54, 1.807) is 0 Å². The molecular weight excluding hydrogens is 124 g/mol. The zero-order valence-corrected chi connectivity index (χ0v) is 6.25. The molecule has 0 aliphatic carbocycles. The van der Waals surface area contributed by atoms with E-state index < -0.39 is 0 Å². The topological polar surface area (TPSA) is 9.23 Å². The lowest BCUT2D eigenvalue weighted by Gasteiger charge is -2.34. The second-order valence-electron chi connectivity index (χ2n) is 2.66. The largest absolute Gasteiger partial charge is 0.374 e. The Balaban J connectivity index is 2.05. The molecule has 2 unspecified atom stereocenters. The molecule has 0 aromatic carbocycles. The molecule has 0 N–H and O–H groups in total. The van der Waals surface area contributed by atoms with Gasteiger partial charge in [0.2, 0.25) is 0 Å². The standard InChI is InChI=1S/C9H14O/c1-3-5-8-7-9(10-8)6-4-2/h3-4,8-9H,1-2,5-7H2. The first-order valence-electron chi connectivity index (χ1n) is 3.74. The fourth-order valence-corrected chi connectivity index (χ4v) is 1.23. The minimum absolute atomic E-state index is 0.447. The second kappa shape index (κ2) is 3.57. The van der Waals surface area contributed by atoms with Gasteiger partial charge in [-0.2, -0.15) is 0 Å². The third-order valence-corrected chi connectivity index (χ3v) is 1.77. The van der Waals surface area contributed by atoms with Gasteiger partial charge in [-0.15, -0.1) is 13.2 Å². The van der Waals surface area contributed by atoms with Gasteiger partial charge in [0.15, 0.2) is 0 Å². The van der Waals surface area contributed by atoms with E-state index in [4.69, 9.17) is 4.74 Å². The normalized spacial score (nSPS) is 30.8. The van der Waals surface area contributed by atoms with Crippen LogP contribution in [0.3, 0.4) is 0 Å². The Morgan fingerprint density at radius 2 is 1.60 bits per heavy atom. The minimum Gasteiger partial charge on any atom is -0.374 e. The average molecular weight is 138 g/mol. The number of hydrogen-bond acceptors (Lipinski definition) is 1. The van der Waals surface area contributed by atoms with Gasteiger partial charge in [0.25, 0.3) is 0 Å². The van der Waals surface area contributed by atoms with Crippen molar-refractivity contribution < 1.29 is 4.74 Å². The van der Waals surface area contributed by atoms with Crippen LogP contribution in [0.2, 0.25) is 0 Å². The molecule has 10 heavy (non-hydrogen) atoms. The summed E-state index contributed by atoms with van der Waals surface area (Å²) < 4.78 is 5.48. The van der Waals surface area contributed by atoms with Gasteiger partial charge in [0.05, 0.1) is 12.2 Å². The van der Waals surface area contributed by atoms with Gasteiger partial charge in [0, 0.05) is 6.42 Å². The van der Waals surface area contributed by atoms with Crippen LogP contribution in [0.15, 0.2) is 25.3 Å². The summed E-state index contributed by atoms with van der Waals surface area (Å²) in [5.41, 5.74) is 0. The van der Waals surface area contributed by atoms with E-state index in [1.807, 2.05) is 12.2 Å². The predicted octanol–water partition coefficient (Wildman–Crippen LogP) is 2.30. The second-order valence-corrected chi connectivity index (χ2v) is 2.66. The van der Waals surface area contributed by atoms with Crippen molar-refractivity contribution in [3.8, 4) is 0 Å². The van der Waals surface area contributed by atoms with Crippen LogP contribution in [0.1, 0.15) is 19.3 Å². The Morgan fingerprint density at radius 1 is 1.20 bits per heavy atom. The Bertz CT molecular complexity index is 109. The smallest absolute Gasteiger partial charge is 0.0638 e. The zero-order chi connectivity index (χ0) is 7.40. The highest BCUT2D eigenvalue weighted by atomic mass is 16.5. The number of ether oxygens (including phenoxy) is 1. The lowest BCUT2D eigenvalue weighted by atomic mass is 10.00. The molecule has 1 heteroatoms. The molecule has 56 valence electrons. The van der Waals surface area contributed by atoms with Gasteiger partial charge >= 0.3 is 0 Å². The average Bonchev–Trinajstić information content (AvgIpc) is 1.84. The van der Waals surface area contributed by atoms with E-state index in [1.165, 1.54) is 6.42 Å². The highest BCUT2D eigenvalue weighted by Gasteiger charge is 2.27. The van der Waals surface area contributed by atoms with Crippen molar-refractivity contribution in [2.75, 3.05) is 0 Å². The van der Waals surface area contributed by atoms with Crippen LogP contribution in [-0.4, -0.2) is 12.2 Å². The Morgan fingerprint density at radius 3 is 1.90 bits per heavy atom. The van der Waals surface area contributed by atoms with Crippen LogP contribution in [0.5, 0.6) is 0 Å². The van der Waals surface area contributed by atoms with Crippen molar-refractivity contribution in [3.05, 3.63) is 25.3 Å². The van der Waals surface area contributed by atoms with Crippen LogP contribution >= 0.6 is 0 Å². The van der Waals surface area contributed by atoms with Gasteiger partial charge in [-0.3, -0.25) is 0 Å². The van der Waals surface area contributed by atoms with Crippen LogP contribution in [0.25, 0.3) is 0 Å². The maximum Gasteiger partial charge on any atom is 0.0638 e. The van der Waals surface area contributed by atoms with Crippen LogP contribution in [0.4, 0.5) is 0 Å². The molecule has 0 bridgehead atoms. The summed E-state index contributed by atoms with van der Waals surface area (Å²) in [6.07, 6.45) is 7.88. The fourth-order valence-electron chi connectivity index (χ4n) is 1.23. The van der Waals surface area contributed by atoms with Crippen LogP contribution in [-0.2, 0) is 4.74 Å². The molecule has 1 nitrogen and oxygen atoms in total. The molecule has 0 amide bonds. The van der Waals surface area contributed by atoms with E-state index in [-0.39, 0.29) is 0 Å². The monoisotopic (exact) mass is 138 g/mol. The number of rotatable bonds is 4. The highest BCUT2D eigenvalue weighted by Crippen LogP contribution is 2.25. The molecule has 1 aliphatic rings. The quantitative estimate of drug-likeness (QED) is 0.541. The molecule has 1 heterocycles. The minimum atomic E-state index is 0.447. The van der Waals surface area contributed by atoms with E-state index in [2.05, 4.69) is 13.2 Å². The van der Waals surface area contributed by atoms with Gasteiger partial charge in [-0.05, 0) is 12.8 Å². The summed E-state index contributed by atoms with van der Waals surface area (Å²) in [7, 11) is 0. The summed E-state index contributed by atoms with van der Waals surface area (Å²) >= 11 is 0. The molecule has 0 spiro atoms. The van der Waals surface area contributed by atoms with Gasteiger partial charge < -0.3 is 4.74 Å². The van der Waals surface area contributed by atoms with Crippen molar-refractivity contribution in [2.45, 2.75) is 31.5 Å². The van der Waals surface area contributed by atoms with E-state index >= 15 is 0 Å². The van der Waals surface area contributed by atoms with E-state index in [9.17, 15) is 0 Å². The summed E-state index contributed by atoms with van der Waals surface area (Å²) in [5.74, 6) is 0. The third kappa shape index (κ3) is 1.71. The Kier molecular flexibility index (Phi) is 2.69. The van der Waals surface area contributed by atoms with E-state index in [0.29, 0.717) is 12.2 Å². The van der Waals surface area contributed by atoms with Crippen LogP contribution < -0.4 is 0 Å². The molecule has 1 rings (SSSR count). The maximum atomic E-state index is 5.48. The molecule has 0 saturated carbocycles. The lowest BCUT2D eigenvalue weighted by molar-refractivity contribution is -0.118. The SMILES string of the molecule is C=CCC1CC(CC=C)O1. The molecule has 0 aromatic heterocycles. The lowest BCUT2D eigenvalue weighted by Crippen LogP contribution is -2.36. The first kappa shape index (κ1) is 7.55. The zero-order valence-electron chi connectivity index (χ0n) is 6.25. The fraction of sp³-hybridized carbons (Fsp3) is 0.556. The maximum absolute atomic E-state index is 5.48. The summed E-state index contributed by atoms with van der Waals surface area (Å²) in [6.45, 7) is 7.31. The molecule has 1 aliphatic heterocycles. The highest BCUT2D eigenvalue weighted by molar-refractivity contribution is 4.87. The first-order chi connectivity index (χ1) is 4.86. The van der Waals surface area contributed by atoms with Crippen molar-refractivity contribution in [1.82, 2.24) is 0 Å². The molecular formula is C9H14O. The molecule has 1 saturated heterocycles. The molecule has 0 radical (unpaired) electrons. The Hall–Kier alpha value is -0.560. The van der Waals surface area contributed by atoms with E-state index in [0.717, 1.165) is 12.8 Å². The molecule has 0 aromatic rings. The van der Waals surface area contributed by atoms with Crippen molar-refractivity contribution in [1.29, 1.82) is 0 Å². The third-order valence-electron chi connectivity index (χ3n) is 1.77. The van der Waals surface area contributed by atoms with Crippen molar-refractivity contribution in [3.63, 3.8) is 0 Å². The molecule has 2 atom stereocenters.